The second-order valence-electron chi connectivity index (χ2n) is 4.92. The molecular weight excluding hydrogens is 310 g/mol. The summed E-state index contributed by atoms with van der Waals surface area (Å²) in [6.07, 6.45) is 2.30. The zero-order valence-corrected chi connectivity index (χ0v) is 12.8. The van der Waals surface area contributed by atoms with Crippen LogP contribution in [-0.2, 0) is 19.2 Å². The average Bonchev–Trinajstić information content (AvgIpc) is 2.93. The van der Waals surface area contributed by atoms with Gasteiger partial charge < -0.3 is 20.4 Å². The summed E-state index contributed by atoms with van der Waals surface area (Å²) in [6, 6.07) is 0. The fraction of sp³-hybridized carbons (Fsp3) is 0.538. The largest absolute Gasteiger partial charge is 0.476 e. The third-order valence-corrected chi connectivity index (χ3v) is 4.14. The van der Waals surface area contributed by atoms with E-state index in [-0.39, 0.29) is 34.5 Å². The molecule has 0 atom stereocenters. The van der Waals surface area contributed by atoms with Crippen LogP contribution in [0.15, 0.2) is 10.5 Å². The van der Waals surface area contributed by atoms with E-state index in [1.54, 1.807) is 0 Å². The number of nitrogens with zero attached hydrogens (tertiary/aromatic N) is 2. The van der Waals surface area contributed by atoms with Crippen molar-refractivity contribution in [1.29, 1.82) is 0 Å². The maximum atomic E-state index is 11.4. The highest BCUT2D eigenvalue weighted by atomic mass is 32.1. The van der Waals surface area contributed by atoms with Crippen LogP contribution in [-0.4, -0.2) is 41.0 Å². The number of carboxylic acid groups (broad SMARTS) is 1. The van der Waals surface area contributed by atoms with Gasteiger partial charge in [0.05, 0.1) is 13.0 Å². The van der Waals surface area contributed by atoms with Crippen molar-refractivity contribution in [3.05, 3.63) is 11.1 Å². The number of carboxylic acids is 1. The lowest BCUT2D eigenvalue weighted by Gasteiger charge is -2.25. The van der Waals surface area contributed by atoms with Crippen LogP contribution in [0.2, 0.25) is 0 Å². The van der Waals surface area contributed by atoms with Crippen LogP contribution in [0, 0.1) is 5.92 Å². The Hall–Kier alpha value is -2.16. The average molecular weight is 327 g/mol. The molecule has 120 valence electrons. The molecule has 1 aromatic rings. The number of carbonyl (C=O) groups excluding carboxylic acids is 1. The van der Waals surface area contributed by atoms with Crippen molar-refractivity contribution in [2.75, 3.05) is 12.8 Å². The van der Waals surface area contributed by atoms with Gasteiger partial charge in [0, 0.05) is 5.38 Å². The molecular formula is C13H17N3O5S. The monoisotopic (exact) mass is 327 g/mol. The van der Waals surface area contributed by atoms with Crippen molar-refractivity contribution in [3.8, 4) is 0 Å². The molecule has 1 fully saturated rings. The molecule has 22 heavy (non-hydrogen) atoms. The lowest BCUT2D eigenvalue weighted by Crippen LogP contribution is -2.26. The van der Waals surface area contributed by atoms with Crippen molar-refractivity contribution >= 4 is 34.1 Å². The van der Waals surface area contributed by atoms with E-state index in [1.807, 2.05) is 0 Å². The van der Waals surface area contributed by atoms with Crippen molar-refractivity contribution in [2.45, 2.75) is 31.8 Å². The van der Waals surface area contributed by atoms with E-state index in [0.29, 0.717) is 25.7 Å². The number of aliphatic carboxylic acids is 1. The van der Waals surface area contributed by atoms with E-state index < -0.39 is 5.97 Å². The van der Waals surface area contributed by atoms with Gasteiger partial charge in [-0.3, -0.25) is 4.79 Å². The number of oxime groups is 1. The zero-order chi connectivity index (χ0) is 16.1. The summed E-state index contributed by atoms with van der Waals surface area (Å²) >= 11 is 1.13. The molecule has 3 N–H and O–H groups in total. The number of nitrogens with two attached hydrogens (primary N) is 1. The van der Waals surface area contributed by atoms with Gasteiger partial charge in [0.15, 0.2) is 5.13 Å². The predicted molar refractivity (Wildman–Crippen MR) is 79.5 cm³/mol. The van der Waals surface area contributed by atoms with Gasteiger partial charge in [-0.15, -0.1) is 11.3 Å². The molecule has 0 saturated heterocycles. The summed E-state index contributed by atoms with van der Waals surface area (Å²) in [5.74, 6) is -1.56. The summed E-state index contributed by atoms with van der Waals surface area (Å²) in [6.45, 7) is 0. The SMILES string of the molecule is COC(=O)C1CCC(ON=C(C(=O)O)c2csc(N)n2)CC1. The normalized spacial score (nSPS) is 22.1. The number of anilines is 1. The van der Waals surface area contributed by atoms with Crippen LogP contribution >= 0.6 is 11.3 Å². The first kappa shape index (κ1) is 16.2. The van der Waals surface area contributed by atoms with E-state index in [0.717, 1.165) is 11.3 Å². The Morgan fingerprint density at radius 2 is 2.09 bits per heavy atom. The van der Waals surface area contributed by atoms with Gasteiger partial charge in [-0.05, 0) is 25.7 Å². The molecule has 0 aromatic carbocycles. The summed E-state index contributed by atoms with van der Waals surface area (Å²) in [4.78, 5) is 31.8. The Bertz CT molecular complexity index is 578. The third kappa shape index (κ3) is 3.94. The standard InChI is InChI=1S/C13H17N3O5S/c1-20-12(19)7-2-4-8(5-3-7)21-16-10(11(17)18)9-6-22-13(14)15-9/h6-8H,2-5H2,1H3,(H2,14,15)(H,17,18). The quantitative estimate of drug-likeness (QED) is 0.474. The van der Waals surface area contributed by atoms with Crippen LogP contribution in [0.3, 0.4) is 0 Å². The Morgan fingerprint density at radius 1 is 1.41 bits per heavy atom. The Balaban J connectivity index is 1.95. The molecule has 1 aromatic heterocycles. The number of esters is 1. The highest BCUT2D eigenvalue weighted by molar-refractivity contribution is 7.13. The maximum Gasteiger partial charge on any atom is 0.360 e. The fourth-order valence-corrected chi connectivity index (χ4v) is 2.84. The molecule has 1 saturated carbocycles. The molecule has 8 nitrogen and oxygen atoms in total. The number of methoxy groups -OCH3 is 1. The van der Waals surface area contributed by atoms with E-state index in [2.05, 4.69) is 10.1 Å². The number of hydrogen-bond acceptors (Lipinski definition) is 8. The molecule has 1 aliphatic rings. The second kappa shape index (κ2) is 7.21. The number of carbonyl (C=O) groups is 2. The van der Waals surface area contributed by atoms with Crippen LogP contribution in [0.5, 0.6) is 0 Å². The Morgan fingerprint density at radius 3 is 2.59 bits per heavy atom. The van der Waals surface area contributed by atoms with Gasteiger partial charge >= 0.3 is 11.9 Å². The molecule has 9 heteroatoms. The number of rotatable bonds is 5. The van der Waals surface area contributed by atoms with Gasteiger partial charge in [0.1, 0.15) is 11.8 Å². The number of aromatic nitrogens is 1. The minimum atomic E-state index is -1.23. The second-order valence-corrected chi connectivity index (χ2v) is 5.81. The van der Waals surface area contributed by atoms with Crippen LogP contribution < -0.4 is 5.73 Å². The molecule has 0 radical (unpaired) electrons. The summed E-state index contributed by atoms with van der Waals surface area (Å²) in [7, 11) is 1.37. The first-order chi connectivity index (χ1) is 10.5. The van der Waals surface area contributed by atoms with Gasteiger partial charge in [-0.2, -0.15) is 0 Å². The lowest BCUT2D eigenvalue weighted by atomic mass is 9.87. The molecule has 1 heterocycles. The predicted octanol–water partition coefficient (Wildman–Crippen LogP) is 1.26. The van der Waals surface area contributed by atoms with E-state index in [4.69, 9.17) is 20.4 Å². The highest BCUT2D eigenvalue weighted by Crippen LogP contribution is 2.27. The minimum absolute atomic E-state index is 0.119. The summed E-state index contributed by atoms with van der Waals surface area (Å²) in [5.41, 5.74) is 5.39. The number of ether oxygens (including phenoxy) is 1. The molecule has 0 spiro atoms. The van der Waals surface area contributed by atoms with Crippen LogP contribution in [0.4, 0.5) is 5.13 Å². The lowest BCUT2D eigenvalue weighted by molar-refractivity contribution is -0.147. The molecule has 2 rings (SSSR count). The molecule has 0 aliphatic heterocycles. The highest BCUT2D eigenvalue weighted by Gasteiger charge is 2.28. The molecule has 0 unspecified atom stereocenters. The first-order valence-corrected chi connectivity index (χ1v) is 7.65. The van der Waals surface area contributed by atoms with Gasteiger partial charge in [0.2, 0.25) is 5.71 Å². The summed E-state index contributed by atoms with van der Waals surface area (Å²) < 4.78 is 4.71. The number of thiazole rings is 1. The number of nitrogen functional groups attached to an aromatic ring is 1. The zero-order valence-electron chi connectivity index (χ0n) is 12.0. The van der Waals surface area contributed by atoms with Crippen molar-refractivity contribution in [1.82, 2.24) is 4.98 Å². The van der Waals surface area contributed by atoms with E-state index in [1.165, 1.54) is 12.5 Å². The van der Waals surface area contributed by atoms with E-state index in [9.17, 15) is 9.59 Å². The van der Waals surface area contributed by atoms with Crippen molar-refractivity contribution in [2.24, 2.45) is 11.1 Å². The van der Waals surface area contributed by atoms with Crippen molar-refractivity contribution < 1.29 is 24.3 Å². The molecule has 1 aliphatic carbocycles. The fourth-order valence-electron chi connectivity index (χ4n) is 2.29. The smallest absolute Gasteiger partial charge is 0.360 e. The van der Waals surface area contributed by atoms with Crippen LogP contribution in [0.25, 0.3) is 0 Å². The Kier molecular flexibility index (Phi) is 5.31. The Labute approximate surface area is 130 Å². The first-order valence-electron chi connectivity index (χ1n) is 6.77. The molecule has 0 amide bonds. The third-order valence-electron chi connectivity index (χ3n) is 3.47. The maximum absolute atomic E-state index is 11.4. The van der Waals surface area contributed by atoms with Gasteiger partial charge in [-0.1, -0.05) is 5.16 Å². The van der Waals surface area contributed by atoms with Crippen LogP contribution in [0.1, 0.15) is 31.4 Å². The van der Waals surface area contributed by atoms with Gasteiger partial charge in [-0.25, -0.2) is 9.78 Å². The van der Waals surface area contributed by atoms with E-state index >= 15 is 0 Å². The molecule has 0 bridgehead atoms. The van der Waals surface area contributed by atoms with Gasteiger partial charge in [0.25, 0.3) is 0 Å². The number of hydrogen-bond donors (Lipinski definition) is 2. The summed E-state index contributed by atoms with van der Waals surface area (Å²) in [5, 5.41) is 14.7. The van der Waals surface area contributed by atoms with Crippen molar-refractivity contribution in [3.63, 3.8) is 0 Å². The topological polar surface area (TPSA) is 124 Å². The minimum Gasteiger partial charge on any atom is -0.476 e.